The molecule has 19 heavy (non-hydrogen) atoms. The fourth-order valence-electron chi connectivity index (χ4n) is 2.15. The zero-order valence-electron chi connectivity index (χ0n) is 11.6. The summed E-state index contributed by atoms with van der Waals surface area (Å²) < 4.78 is 0. The van der Waals surface area contributed by atoms with E-state index in [1.54, 1.807) is 0 Å². The fourth-order valence-corrected chi connectivity index (χ4v) is 2.15. The first kappa shape index (κ1) is 15.9. The van der Waals surface area contributed by atoms with E-state index in [-0.39, 0.29) is 13.1 Å². The summed E-state index contributed by atoms with van der Waals surface area (Å²) in [6.45, 7) is 7.34. The van der Waals surface area contributed by atoms with Crippen LogP contribution >= 0.6 is 0 Å². The van der Waals surface area contributed by atoms with Crippen molar-refractivity contribution >= 4 is 11.9 Å². The highest BCUT2D eigenvalue weighted by molar-refractivity contribution is 5.69. The molecule has 0 spiro atoms. The van der Waals surface area contributed by atoms with Gasteiger partial charge in [-0.2, -0.15) is 0 Å². The number of hydrogen-bond acceptors (Lipinski definition) is 5. The van der Waals surface area contributed by atoms with Gasteiger partial charge in [-0.3, -0.25) is 24.3 Å². The molecule has 0 aliphatic carbocycles. The summed E-state index contributed by atoms with van der Waals surface area (Å²) in [5.41, 5.74) is 0. The van der Waals surface area contributed by atoms with Gasteiger partial charge in [-0.15, -0.1) is 0 Å². The average Bonchev–Trinajstić information content (AvgIpc) is 2.25. The Hall–Kier alpha value is -1.18. The zero-order chi connectivity index (χ0) is 14.4. The quantitative estimate of drug-likeness (QED) is 0.694. The number of nitrogens with zero attached hydrogens (tertiary/aromatic N) is 3. The van der Waals surface area contributed by atoms with Gasteiger partial charge in [0.15, 0.2) is 0 Å². The molecule has 0 radical (unpaired) electrons. The summed E-state index contributed by atoms with van der Waals surface area (Å²) in [5, 5.41) is 17.7. The molecule has 1 rings (SSSR count). The van der Waals surface area contributed by atoms with Crippen LogP contribution in [0.25, 0.3) is 0 Å². The van der Waals surface area contributed by atoms with Gasteiger partial charge < -0.3 is 10.2 Å². The van der Waals surface area contributed by atoms with Crippen LogP contribution in [0.3, 0.4) is 0 Å². The molecule has 1 aliphatic rings. The molecule has 1 fully saturated rings. The summed E-state index contributed by atoms with van der Waals surface area (Å²) in [7, 11) is 0. The van der Waals surface area contributed by atoms with Crippen molar-refractivity contribution in [2.75, 3.05) is 45.9 Å². The van der Waals surface area contributed by atoms with Crippen LogP contribution in [-0.2, 0) is 9.59 Å². The van der Waals surface area contributed by atoms with E-state index in [4.69, 9.17) is 10.2 Å². The van der Waals surface area contributed by atoms with E-state index >= 15 is 0 Å². The lowest BCUT2D eigenvalue weighted by atomic mass is 10.3. The van der Waals surface area contributed by atoms with E-state index in [9.17, 15) is 9.59 Å². The zero-order valence-corrected chi connectivity index (χ0v) is 11.6. The van der Waals surface area contributed by atoms with Crippen LogP contribution in [-0.4, -0.2) is 88.8 Å². The molecule has 1 saturated heterocycles. The maximum atomic E-state index is 10.8. The maximum absolute atomic E-state index is 10.8. The highest BCUT2D eigenvalue weighted by Gasteiger charge is 2.22. The molecule has 0 atom stereocenters. The lowest BCUT2D eigenvalue weighted by Crippen LogP contribution is -2.52. The third-order valence-electron chi connectivity index (χ3n) is 3.27. The lowest BCUT2D eigenvalue weighted by Gasteiger charge is -2.37. The van der Waals surface area contributed by atoms with Gasteiger partial charge in [-0.25, -0.2) is 0 Å². The van der Waals surface area contributed by atoms with E-state index in [1.165, 1.54) is 0 Å². The van der Waals surface area contributed by atoms with E-state index in [0.717, 1.165) is 6.54 Å². The molecule has 0 aromatic rings. The summed E-state index contributed by atoms with van der Waals surface area (Å²) >= 11 is 0. The Bertz CT molecular complexity index is 322. The first-order chi connectivity index (χ1) is 8.88. The van der Waals surface area contributed by atoms with Gasteiger partial charge in [-0.05, 0) is 13.8 Å². The third kappa shape index (κ3) is 6.00. The van der Waals surface area contributed by atoms with Crippen molar-refractivity contribution in [3.8, 4) is 0 Å². The third-order valence-corrected chi connectivity index (χ3v) is 3.27. The van der Waals surface area contributed by atoms with Crippen LogP contribution in [0, 0.1) is 0 Å². The van der Waals surface area contributed by atoms with Crippen molar-refractivity contribution in [3.63, 3.8) is 0 Å². The van der Waals surface area contributed by atoms with Crippen molar-refractivity contribution in [1.29, 1.82) is 0 Å². The second-order valence-corrected chi connectivity index (χ2v) is 5.16. The second-order valence-electron chi connectivity index (χ2n) is 5.16. The Labute approximate surface area is 113 Å². The van der Waals surface area contributed by atoms with Crippen molar-refractivity contribution < 1.29 is 19.8 Å². The molecule has 110 valence electrons. The number of carboxylic acids is 2. The first-order valence-corrected chi connectivity index (χ1v) is 6.51. The number of carbonyl (C=O) groups is 2. The van der Waals surface area contributed by atoms with Gasteiger partial charge in [0.1, 0.15) is 0 Å². The Kier molecular flexibility index (Phi) is 6.20. The SMILES string of the molecule is CC(C)N1CCN(CC(=O)O)CCN(CC(=O)O)C1. The van der Waals surface area contributed by atoms with E-state index in [0.29, 0.717) is 32.3 Å². The highest BCUT2D eigenvalue weighted by atomic mass is 16.4. The van der Waals surface area contributed by atoms with Gasteiger partial charge in [0, 0.05) is 32.2 Å². The number of hydrogen-bond donors (Lipinski definition) is 2. The van der Waals surface area contributed by atoms with Crippen LogP contribution in [0.4, 0.5) is 0 Å². The van der Waals surface area contributed by atoms with Gasteiger partial charge in [0.05, 0.1) is 19.8 Å². The second kappa shape index (κ2) is 7.42. The number of aliphatic carboxylic acids is 2. The topological polar surface area (TPSA) is 84.3 Å². The minimum Gasteiger partial charge on any atom is -0.480 e. The first-order valence-electron chi connectivity index (χ1n) is 6.51. The monoisotopic (exact) mass is 273 g/mol. The maximum Gasteiger partial charge on any atom is 0.317 e. The van der Waals surface area contributed by atoms with Gasteiger partial charge in [0.2, 0.25) is 0 Å². The Morgan fingerprint density at radius 1 is 0.947 bits per heavy atom. The summed E-state index contributed by atoms with van der Waals surface area (Å²) in [6, 6.07) is 0.307. The summed E-state index contributed by atoms with van der Waals surface area (Å²) in [5.74, 6) is -1.70. The predicted molar refractivity (Wildman–Crippen MR) is 70.0 cm³/mol. The molecular weight excluding hydrogens is 250 g/mol. The largest absolute Gasteiger partial charge is 0.480 e. The fraction of sp³-hybridized carbons (Fsp3) is 0.833. The molecule has 0 bridgehead atoms. The van der Waals surface area contributed by atoms with Crippen LogP contribution in [0.1, 0.15) is 13.8 Å². The molecular formula is C12H23N3O4. The molecule has 0 amide bonds. The van der Waals surface area contributed by atoms with Crippen LogP contribution in [0.2, 0.25) is 0 Å². The number of carboxylic acid groups (broad SMARTS) is 2. The Morgan fingerprint density at radius 3 is 1.95 bits per heavy atom. The molecule has 2 N–H and O–H groups in total. The van der Waals surface area contributed by atoms with E-state index in [2.05, 4.69) is 18.7 Å². The standard InChI is InChI=1S/C12H23N3O4/c1-10(2)15-6-5-13(7-11(16)17)3-4-14(9-15)8-12(18)19/h10H,3-9H2,1-2H3,(H,16,17)(H,18,19). The molecule has 0 aromatic carbocycles. The lowest BCUT2D eigenvalue weighted by molar-refractivity contribution is -0.141. The van der Waals surface area contributed by atoms with Gasteiger partial charge in [0.25, 0.3) is 0 Å². The van der Waals surface area contributed by atoms with Crippen molar-refractivity contribution in [2.24, 2.45) is 0 Å². The van der Waals surface area contributed by atoms with Crippen molar-refractivity contribution in [3.05, 3.63) is 0 Å². The van der Waals surface area contributed by atoms with Gasteiger partial charge >= 0.3 is 11.9 Å². The Morgan fingerprint density at radius 2 is 1.42 bits per heavy atom. The normalized spacial score (nSPS) is 20.2. The minimum atomic E-state index is -0.853. The molecule has 7 nitrogen and oxygen atoms in total. The average molecular weight is 273 g/mol. The van der Waals surface area contributed by atoms with Crippen molar-refractivity contribution in [1.82, 2.24) is 14.7 Å². The molecule has 1 aliphatic heterocycles. The smallest absolute Gasteiger partial charge is 0.317 e. The summed E-state index contributed by atoms with van der Waals surface area (Å²) in [6.07, 6.45) is 0. The molecule has 0 unspecified atom stereocenters. The molecule has 7 heteroatoms. The predicted octanol–water partition coefficient (Wildman–Crippen LogP) is -0.559. The molecule has 1 heterocycles. The van der Waals surface area contributed by atoms with E-state index < -0.39 is 11.9 Å². The highest BCUT2D eigenvalue weighted by Crippen LogP contribution is 2.06. The molecule has 0 saturated carbocycles. The van der Waals surface area contributed by atoms with Crippen molar-refractivity contribution in [2.45, 2.75) is 19.9 Å². The number of rotatable bonds is 5. The van der Waals surface area contributed by atoms with Crippen LogP contribution < -0.4 is 0 Å². The van der Waals surface area contributed by atoms with Crippen LogP contribution in [0.5, 0.6) is 0 Å². The van der Waals surface area contributed by atoms with Crippen LogP contribution in [0.15, 0.2) is 0 Å². The van der Waals surface area contributed by atoms with E-state index in [1.807, 2.05) is 9.80 Å². The summed E-state index contributed by atoms with van der Waals surface area (Å²) in [4.78, 5) is 27.5. The minimum absolute atomic E-state index is 0.00679. The van der Waals surface area contributed by atoms with Gasteiger partial charge in [-0.1, -0.05) is 0 Å². The molecule has 0 aromatic heterocycles. The Balaban J connectivity index is 2.65.